The Kier molecular flexibility index (Phi) is 4.21. The van der Waals surface area contributed by atoms with Crippen LogP contribution in [-0.2, 0) is 11.3 Å². The molecule has 0 amide bonds. The lowest BCUT2D eigenvalue weighted by Crippen LogP contribution is -2.35. The molecule has 1 fully saturated rings. The number of ether oxygens (including phenoxy) is 1. The van der Waals surface area contributed by atoms with Crippen molar-refractivity contribution < 1.29 is 14.1 Å². The Morgan fingerprint density at radius 3 is 2.56 bits per heavy atom. The average Bonchev–Trinajstić information content (AvgIpc) is 3.02. The van der Waals surface area contributed by atoms with Gasteiger partial charge in [-0.15, -0.1) is 0 Å². The van der Waals surface area contributed by atoms with Gasteiger partial charge in [0.2, 0.25) is 0 Å². The number of rotatable bonds is 4. The first-order chi connectivity index (χ1) is 12.2. The maximum absolute atomic E-state index is 11.5. The first-order valence-electron chi connectivity index (χ1n) is 8.28. The van der Waals surface area contributed by atoms with Crippen LogP contribution in [-0.4, -0.2) is 36.1 Å². The molecule has 2 aromatic carbocycles. The molecular formula is C19H18N2O4. The molecule has 6 nitrogen and oxygen atoms in total. The number of nitrogens with zero attached hydrogens (tertiary/aromatic N) is 2. The van der Waals surface area contributed by atoms with Gasteiger partial charge in [0, 0.05) is 25.0 Å². The van der Waals surface area contributed by atoms with Crippen molar-refractivity contribution in [1.29, 1.82) is 0 Å². The lowest BCUT2D eigenvalue weighted by Gasteiger charge is -2.26. The first kappa shape index (κ1) is 15.8. The predicted molar refractivity (Wildman–Crippen MR) is 94.4 cm³/mol. The summed E-state index contributed by atoms with van der Waals surface area (Å²) in [4.78, 5) is 13.3. The zero-order valence-electron chi connectivity index (χ0n) is 13.7. The van der Waals surface area contributed by atoms with E-state index in [1.807, 2.05) is 48.5 Å². The Hall–Kier alpha value is -2.70. The third kappa shape index (κ3) is 3.14. The van der Waals surface area contributed by atoms with Gasteiger partial charge in [-0.1, -0.05) is 36.4 Å². The van der Waals surface area contributed by atoms with Gasteiger partial charge in [-0.2, -0.15) is 0 Å². The summed E-state index contributed by atoms with van der Waals surface area (Å²) in [6.07, 6.45) is 0. The second kappa shape index (κ2) is 6.66. The minimum absolute atomic E-state index is 0.204. The van der Waals surface area contributed by atoms with Crippen molar-refractivity contribution in [2.75, 3.05) is 26.3 Å². The molecule has 1 aliphatic rings. The van der Waals surface area contributed by atoms with E-state index in [0.717, 1.165) is 49.4 Å². The molecule has 4 rings (SSSR count). The molecule has 25 heavy (non-hydrogen) atoms. The molecule has 2 heterocycles. The number of morpholine rings is 1. The fourth-order valence-corrected chi connectivity index (χ4v) is 3.26. The smallest absolute Gasteiger partial charge is 0.400 e. The Balaban J connectivity index is 1.78. The second-order valence-electron chi connectivity index (χ2n) is 6.12. The number of hydrogen-bond acceptors (Lipinski definition) is 5. The number of fused-ring (bicyclic) bond motifs is 1. The van der Waals surface area contributed by atoms with Gasteiger partial charge >= 0.3 is 5.88 Å². The second-order valence-corrected chi connectivity index (χ2v) is 6.12. The molecule has 3 aromatic rings. The van der Waals surface area contributed by atoms with E-state index in [4.69, 9.17) is 9.15 Å². The van der Waals surface area contributed by atoms with E-state index in [2.05, 4.69) is 4.90 Å². The molecule has 0 unspecified atom stereocenters. The van der Waals surface area contributed by atoms with Gasteiger partial charge in [-0.25, -0.2) is 0 Å². The normalized spacial score (nSPS) is 15.5. The molecule has 1 aliphatic heterocycles. The van der Waals surface area contributed by atoms with E-state index in [-0.39, 0.29) is 5.88 Å². The molecule has 0 bridgehead atoms. The summed E-state index contributed by atoms with van der Waals surface area (Å²) in [5.74, 6) is -0.204. The van der Waals surface area contributed by atoms with Gasteiger partial charge in [0.1, 0.15) is 16.1 Å². The van der Waals surface area contributed by atoms with Gasteiger partial charge in [0.05, 0.1) is 13.2 Å². The van der Waals surface area contributed by atoms with Crippen LogP contribution in [0.4, 0.5) is 5.88 Å². The summed E-state index contributed by atoms with van der Waals surface area (Å²) in [7, 11) is 0. The molecule has 0 saturated carbocycles. The quantitative estimate of drug-likeness (QED) is 0.534. The van der Waals surface area contributed by atoms with Gasteiger partial charge < -0.3 is 9.15 Å². The highest BCUT2D eigenvalue weighted by atomic mass is 16.6. The molecule has 0 radical (unpaired) electrons. The lowest BCUT2D eigenvalue weighted by molar-refractivity contribution is -0.400. The van der Waals surface area contributed by atoms with Crippen LogP contribution in [0.1, 0.15) is 5.56 Å². The minimum atomic E-state index is -0.454. The maximum atomic E-state index is 11.5. The summed E-state index contributed by atoms with van der Waals surface area (Å²) in [5, 5.41) is 12.2. The summed E-state index contributed by atoms with van der Waals surface area (Å²) < 4.78 is 10.9. The van der Waals surface area contributed by atoms with E-state index in [1.54, 1.807) is 0 Å². The molecule has 1 saturated heterocycles. The van der Waals surface area contributed by atoms with Crippen molar-refractivity contribution in [3.05, 3.63) is 64.2 Å². The summed E-state index contributed by atoms with van der Waals surface area (Å²) in [6, 6.07) is 15.2. The highest BCUT2D eigenvalue weighted by Gasteiger charge is 2.25. The molecule has 0 aliphatic carbocycles. The number of nitro groups is 1. The van der Waals surface area contributed by atoms with E-state index in [9.17, 15) is 10.1 Å². The van der Waals surface area contributed by atoms with Crippen molar-refractivity contribution in [2.45, 2.75) is 6.54 Å². The summed E-state index contributed by atoms with van der Waals surface area (Å²) in [6.45, 7) is 4.08. The Labute approximate surface area is 144 Å². The van der Waals surface area contributed by atoms with Crippen LogP contribution in [0, 0.1) is 10.1 Å². The van der Waals surface area contributed by atoms with Crippen molar-refractivity contribution in [2.24, 2.45) is 0 Å². The van der Waals surface area contributed by atoms with Crippen LogP contribution < -0.4 is 0 Å². The van der Waals surface area contributed by atoms with E-state index >= 15 is 0 Å². The maximum Gasteiger partial charge on any atom is 0.442 e. The number of hydrogen-bond donors (Lipinski definition) is 0. The highest BCUT2D eigenvalue weighted by Crippen LogP contribution is 2.40. The van der Waals surface area contributed by atoms with Crippen LogP contribution in [0.15, 0.2) is 52.9 Å². The standard InChI is InChI=1S/C19H18N2O4/c22-21(23)19-18(15-4-2-1-3-5-15)16-12-14(6-7-17(16)25-19)13-20-8-10-24-11-9-20/h1-7,12H,8-11,13H2. The van der Waals surface area contributed by atoms with Crippen molar-refractivity contribution in [1.82, 2.24) is 4.90 Å². The van der Waals surface area contributed by atoms with E-state index < -0.39 is 4.92 Å². The van der Waals surface area contributed by atoms with E-state index in [1.165, 1.54) is 0 Å². The van der Waals surface area contributed by atoms with Crippen molar-refractivity contribution in [3.63, 3.8) is 0 Å². The molecule has 128 valence electrons. The summed E-state index contributed by atoms with van der Waals surface area (Å²) in [5.41, 5.74) is 2.99. The molecule has 0 spiro atoms. The van der Waals surface area contributed by atoms with Crippen LogP contribution in [0.5, 0.6) is 0 Å². The molecule has 0 N–H and O–H groups in total. The topological polar surface area (TPSA) is 68.8 Å². The largest absolute Gasteiger partial charge is 0.442 e. The fraction of sp³-hybridized carbons (Fsp3) is 0.263. The van der Waals surface area contributed by atoms with Gasteiger partial charge in [0.25, 0.3) is 0 Å². The van der Waals surface area contributed by atoms with Crippen LogP contribution in [0.2, 0.25) is 0 Å². The Morgan fingerprint density at radius 1 is 1.08 bits per heavy atom. The molecular weight excluding hydrogens is 320 g/mol. The predicted octanol–water partition coefficient (Wildman–Crippen LogP) is 3.84. The number of benzene rings is 2. The van der Waals surface area contributed by atoms with Crippen LogP contribution in [0.25, 0.3) is 22.1 Å². The van der Waals surface area contributed by atoms with Crippen molar-refractivity contribution >= 4 is 16.9 Å². The fourth-order valence-electron chi connectivity index (χ4n) is 3.26. The summed E-state index contributed by atoms with van der Waals surface area (Å²) >= 11 is 0. The third-order valence-electron chi connectivity index (χ3n) is 4.47. The molecule has 0 atom stereocenters. The minimum Gasteiger partial charge on any atom is -0.400 e. The Bertz CT molecular complexity index is 898. The van der Waals surface area contributed by atoms with Gasteiger partial charge in [-0.3, -0.25) is 15.0 Å². The number of furan rings is 1. The molecule has 6 heteroatoms. The van der Waals surface area contributed by atoms with Crippen molar-refractivity contribution in [3.8, 4) is 11.1 Å². The molecule has 1 aromatic heterocycles. The Morgan fingerprint density at radius 2 is 1.84 bits per heavy atom. The van der Waals surface area contributed by atoms with E-state index in [0.29, 0.717) is 11.1 Å². The lowest BCUT2D eigenvalue weighted by atomic mass is 10.0. The average molecular weight is 338 g/mol. The first-order valence-corrected chi connectivity index (χ1v) is 8.28. The highest BCUT2D eigenvalue weighted by molar-refractivity contribution is 5.98. The zero-order chi connectivity index (χ0) is 17.2. The van der Waals surface area contributed by atoms with Crippen LogP contribution >= 0.6 is 0 Å². The zero-order valence-corrected chi connectivity index (χ0v) is 13.7. The van der Waals surface area contributed by atoms with Gasteiger partial charge in [-0.05, 0) is 23.3 Å². The van der Waals surface area contributed by atoms with Gasteiger partial charge in [0.15, 0.2) is 0 Å². The monoisotopic (exact) mass is 338 g/mol. The van der Waals surface area contributed by atoms with Crippen LogP contribution in [0.3, 0.4) is 0 Å². The SMILES string of the molecule is O=[N+]([O-])c1oc2ccc(CN3CCOCC3)cc2c1-c1ccccc1. The third-order valence-corrected chi connectivity index (χ3v) is 4.47.